The average Bonchev–Trinajstić information content (AvgIpc) is 2.66. The number of amides is 1. The molecule has 1 aliphatic heterocycles. The van der Waals surface area contributed by atoms with Gasteiger partial charge in [0.15, 0.2) is 5.75 Å². The number of anilines is 1. The summed E-state index contributed by atoms with van der Waals surface area (Å²) < 4.78 is 25.1. The van der Waals surface area contributed by atoms with Crippen LogP contribution < -0.4 is 15.5 Å². The van der Waals surface area contributed by atoms with Gasteiger partial charge in [0.25, 0.3) is 0 Å². The van der Waals surface area contributed by atoms with Crippen LogP contribution in [0.25, 0.3) is 0 Å². The number of halogens is 1. The smallest absolute Gasteiger partial charge is 0.244 e. The number of methoxy groups -OCH3 is 1. The molecule has 0 radical (unpaired) electrons. The number of carbonyl (C=O) groups excluding carboxylic acids is 1. The van der Waals surface area contributed by atoms with Crippen LogP contribution in [-0.2, 0) is 22.6 Å². The van der Waals surface area contributed by atoms with E-state index in [4.69, 9.17) is 9.47 Å². The van der Waals surface area contributed by atoms with Gasteiger partial charge in [0, 0.05) is 37.1 Å². The SMILES string of the molecule is COc1cn(CC(=O)Nc2ccc(F)cc2)c(CN2CCOCC2)cc1=O. The van der Waals surface area contributed by atoms with E-state index < -0.39 is 0 Å². The number of aromatic nitrogens is 1. The van der Waals surface area contributed by atoms with Crippen molar-refractivity contribution in [1.82, 2.24) is 9.47 Å². The molecular weight excluding hydrogens is 353 g/mol. The van der Waals surface area contributed by atoms with E-state index in [2.05, 4.69) is 10.2 Å². The molecule has 1 N–H and O–H groups in total. The van der Waals surface area contributed by atoms with Crippen LogP contribution in [0.1, 0.15) is 5.69 Å². The minimum Gasteiger partial charge on any atom is -0.491 e. The zero-order chi connectivity index (χ0) is 19.2. The molecule has 0 aliphatic carbocycles. The first-order chi connectivity index (χ1) is 13.0. The number of hydrogen-bond donors (Lipinski definition) is 1. The van der Waals surface area contributed by atoms with Gasteiger partial charge in [-0.25, -0.2) is 4.39 Å². The molecule has 27 heavy (non-hydrogen) atoms. The Balaban J connectivity index is 1.77. The maximum Gasteiger partial charge on any atom is 0.244 e. The molecule has 0 bridgehead atoms. The number of nitrogens with zero attached hydrogens (tertiary/aromatic N) is 2. The molecule has 7 nitrogen and oxygen atoms in total. The Morgan fingerprint density at radius 3 is 2.63 bits per heavy atom. The Hall–Kier alpha value is -2.71. The molecule has 0 atom stereocenters. The van der Waals surface area contributed by atoms with Gasteiger partial charge in [-0.3, -0.25) is 14.5 Å². The third-order valence-electron chi connectivity index (χ3n) is 4.33. The van der Waals surface area contributed by atoms with Gasteiger partial charge in [0.05, 0.1) is 26.5 Å². The first kappa shape index (κ1) is 19.1. The van der Waals surface area contributed by atoms with Crippen molar-refractivity contribution in [3.63, 3.8) is 0 Å². The van der Waals surface area contributed by atoms with Crippen molar-refractivity contribution in [2.45, 2.75) is 13.1 Å². The largest absolute Gasteiger partial charge is 0.491 e. The van der Waals surface area contributed by atoms with E-state index in [0.29, 0.717) is 25.4 Å². The van der Waals surface area contributed by atoms with Gasteiger partial charge in [0.2, 0.25) is 11.3 Å². The molecule has 0 saturated carbocycles. The lowest BCUT2D eigenvalue weighted by Gasteiger charge is -2.27. The second-order valence-corrected chi connectivity index (χ2v) is 6.27. The zero-order valence-corrected chi connectivity index (χ0v) is 15.1. The number of ether oxygens (including phenoxy) is 2. The highest BCUT2D eigenvalue weighted by Gasteiger charge is 2.16. The fourth-order valence-electron chi connectivity index (χ4n) is 2.91. The van der Waals surface area contributed by atoms with Crippen LogP contribution >= 0.6 is 0 Å². The van der Waals surface area contributed by atoms with Crippen LogP contribution in [0.2, 0.25) is 0 Å². The van der Waals surface area contributed by atoms with Crippen LogP contribution in [0.3, 0.4) is 0 Å². The molecule has 8 heteroatoms. The fraction of sp³-hybridized carbons (Fsp3) is 0.368. The minimum absolute atomic E-state index is 0.00763. The normalized spacial score (nSPS) is 14.7. The van der Waals surface area contributed by atoms with E-state index in [9.17, 15) is 14.0 Å². The Morgan fingerprint density at radius 1 is 1.26 bits per heavy atom. The second-order valence-electron chi connectivity index (χ2n) is 6.27. The summed E-state index contributed by atoms with van der Waals surface area (Å²) >= 11 is 0. The van der Waals surface area contributed by atoms with Crippen molar-refractivity contribution in [2.75, 3.05) is 38.7 Å². The summed E-state index contributed by atoms with van der Waals surface area (Å²) in [5, 5.41) is 2.72. The molecule has 1 aromatic heterocycles. The molecular formula is C19H22FN3O4. The molecule has 0 spiro atoms. The third-order valence-corrected chi connectivity index (χ3v) is 4.33. The molecule has 3 rings (SSSR count). The molecule has 0 unspecified atom stereocenters. The van der Waals surface area contributed by atoms with E-state index in [1.165, 1.54) is 37.4 Å². The van der Waals surface area contributed by atoms with E-state index in [-0.39, 0.29) is 29.4 Å². The van der Waals surface area contributed by atoms with Crippen molar-refractivity contribution in [1.29, 1.82) is 0 Å². The number of nitrogens with one attached hydrogen (secondary N) is 1. The van der Waals surface area contributed by atoms with Crippen LogP contribution in [0.5, 0.6) is 5.75 Å². The van der Waals surface area contributed by atoms with Gasteiger partial charge in [-0.1, -0.05) is 0 Å². The Labute approximate surface area is 156 Å². The monoisotopic (exact) mass is 375 g/mol. The van der Waals surface area contributed by atoms with Crippen LogP contribution in [0.4, 0.5) is 10.1 Å². The van der Waals surface area contributed by atoms with Gasteiger partial charge in [0.1, 0.15) is 12.4 Å². The predicted octanol–water partition coefficient (Wildman–Crippen LogP) is 1.47. The predicted molar refractivity (Wildman–Crippen MR) is 98.4 cm³/mol. The number of morpholine rings is 1. The number of benzene rings is 1. The van der Waals surface area contributed by atoms with Crippen LogP contribution in [0.15, 0.2) is 41.3 Å². The van der Waals surface area contributed by atoms with E-state index in [1.54, 1.807) is 10.8 Å². The average molecular weight is 375 g/mol. The van der Waals surface area contributed by atoms with Crippen molar-refractivity contribution in [3.05, 3.63) is 58.3 Å². The van der Waals surface area contributed by atoms with Crippen molar-refractivity contribution in [3.8, 4) is 5.75 Å². The first-order valence-electron chi connectivity index (χ1n) is 8.68. The summed E-state index contributed by atoms with van der Waals surface area (Å²) in [6, 6.07) is 7.05. The standard InChI is InChI=1S/C19H22FN3O4/c1-26-18-12-23(13-19(25)21-15-4-2-14(20)3-5-15)16(10-17(18)24)11-22-6-8-27-9-7-22/h2-5,10,12H,6-9,11,13H2,1H3,(H,21,25). The third kappa shape index (κ3) is 5.15. The highest BCUT2D eigenvalue weighted by Crippen LogP contribution is 2.12. The zero-order valence-electron chi connectivity index (χ0n) is 15.1. The molecule has 1 aliphatic rings. The lowest BCUT2D eigenvalue weighted by molar-refractivity contribution is -0.116. The van der Waals surface area contributed by atoms with Crippen molar-refractivity contribution >= 4 is 11.6 Å². The van der Waals surface area contributed by atoms with Crippen LogP contribution in [0, 0.1) is 5.82 Å². The van der Waals surface area contributed by atoms with Crippen molar-refractivity contribution in [2.24, 2.45) is 0 Å². The van der Waals surface area contributed by atoms with Gasteiger partial charge in [-0.05, 0) is 24.3 Å². The number of rotatable bonds is 6. The number of carbonyl (C=O) groups is 1. The van der Waals surface area contributed by atoms with E-state index in [0.717, 1.165) is 18.8 Å². The Morgan fingerprint density at radius 2 is 1.96 bits per heavy atom. The van der Waals surface area contributed by atoms with Gasteiger partial charge >= 0.3 is 0 Å². The summed E-state index contributed by atoms with van der Waals surface area (Å²) in [7, 11) is 1.42. The molecule has 2 aromatic rings. The lowest BCUT2D eigenvalue weighted by atomic mass is 10.2. The van der Waals surface area contributed by atoms with Gasteiger partial charge < -0.3 is 19.4 Å². The molecule has 1 saturated heterocycles. The number of pyridine rings is 1. The van der Waals surface area contributed by atoms with Crippen LogP contribution in [-0.4, -0.2) is 48.8 Å². The molecule has 1 aromatic carbocycles. The van der Waals surface area contributed by atoms with Gasteiger partial charge in [-0.2, -0.15) is 0 Å². The highest BCUT2D eigenvalue weighted by molar-refractivity contribution is 5.90. The Kier molecular flexibility index (Phi) is 6.20. The molecule has 1 fully saturated rings. The summed E-state index contributed by atoms with van der Waals surface area (Å²) in [6.45, 7) is 3.36. The van der Waals surface area contributed by atoms with E-state index in [1.807, 2.05) is 0 Å². The summed E-state index contributed by atoms with van der Waals surface area (Å²) in [5.74, 6) is -0.475. The number of hydrogen-bond acceptors (Lipinski definition) is 5. The highest BCUT2D eigenvalue weighted by atomic mass is 19.1. The lowest BCUT2D eigenvalue weighted by Crippen LogP contribution is -2.37. The maximum absolute atomic E-state index is 13.0. The van der Waals surface area contributed by atoms with E-state index >= 15 is 0 Å². The Bertz CT molecular complexity index is 845. The topological polar surface area (TPSA) is 72.8 Å². The summed E-state index contributed by atoms with van der Waals surface area (Å²) in [6.07, 6.45) is 1.54. The fourth-order valence-corrected chi connectivity index (χ4v) is 2.91. The summed E-state index contributed by atoms with van der Waals surface area (Å²) in [5.41, 5.74) is 0.997. The van der Waals surface area contributed by atoms with Crippen molar-refractivity contribution < 1.29 is 18.7 Å². The molecule has 144 valence electrons. The summed E-state index contributed by atoms with van der Waals surface area (Å²) in [4.78, 5) is 26.7. The quantitative estimate of drug-likeness (QED) is 0.828. The van der Waals surface area contributed by atoms with Gasteiger partial charge in [-0.15, -0.1) is 0 Å². The minimum atomic E-state index is -0.369. The first-order valence-corrected chi connectivity index (χ1v) is 8.68. The molecule has 1 amide bonds. The maximum atomic E-state index is 13.0. The molecule has 2 heterocycles. The second kappa shape index (κ2) is 8.79.